The summed E-state index contributed by atoms with van der Waals surface area (Å²) < 4.78 is 54.0. The Labute approximate surface area is 404 Å². The van der Waals surface area contributed by atoms with Gasteiger partial charge in [0.1, 0.15) is 0 Å². The molecule has 61 heavy (non-hydrogen) atoms. The van der Waals surface area contributed by atoms with Gasteiger partial charge in [0.05, 0.1) is 83.5 Å². The highest BCUT2D eigenvalue weighted by molar-refractivity contribution is 7.99. The zero-order chi connectivity index (χ0) is 44.9. The molecule has 0 aromatic rings. The van der Waals surface area contributed by atoms with Gasteiger partial charge >= 0.3 is 0 Å². The quantitative estimate of drug-likeness (QED) is 0.0241. The smallest absolute Gasteiger partial charge is 0.0635 e. The summed E-state index contributed by atoms with van der Waals surface area (Å²) in [6.07, 6.45) is 12.4. The van der Waals surface area contributed by atoms with E-state index in [2.05, 4.69) is 70.1 Å². The molecule has 368 valence electrons. The predicted molar refractivity (Wildman–Crippen MR) is 271 cm³/mol. The van der Waals surface area contributed by atoms with E-state index in [0.29, 0.717) is 112 Å². The van der Waals surface area contributed by atoms with E-state index in [1.54, 1.807) is 0 Å². The molecule has 0 aromatic carbocycles. The van der Waals surface area contributed by atoms with Crippen LogP contribution >= 0.6 is 74.9 Å². The highest BCUT2D eigenvalue weighted by Gasteiger charge is 2.33. The van der Waals surface area contributed by atoms with Crippen molar-refractivity contribution in [3.8, 4) is 0 Å². The maximum Gasteiger partial charge on any atom is 0.0635 e. The molecule has 11 nitrogen and oxygen atoms in total. The van der Waals surface area contributed by atoms with Crippen LogP contribution < -0.4 is 0 Å². The fourth-order valence-corrected chi connectivity index (χ4v) is 7.45. The van der Waals surface area contributed by atoms with Gasteiger partial charge in [0.25, 0.3) is 0 Å². The molecule has 0 rings (SSSR count). The van der Waals surface area contributed by atoms with Crippen molar-refractivity contribution in [2.75, 3.05) is 172 Å². The monoisotopic (exact) mass is 986 g/mol. The lowest BCUT2D eigenvalue weighted by atomic mass is 9.88. The van der Waals surface area contributed by atoms with Crippen LogP contribution in [0.5, 0.6) is 0 Å². The third kappa shape index (κ3) is 36.4. The van der Waals surface area contributed by atoms with Gasteiger partial charge in [0, 0.05) is 64.9 Å². The first-order valence-corrected chi connectivity index (χ1v) is 27.3. The molecule has 0 amide bonds. The third-order valence-electron chi connectivity index (χ3n) is 10.1. The van der Waals surface area contributed by atoms with E-state index < -0.39 is 10.8 Å². The summed E-state index contributed by atoms with van der Waals surface area (Å²) in [4.78, 5) is 0. The third-order valence-corrected chi connectivity index (χ3v) is 12.8. The Bertz CT molecular complexity index is 808. The summed E-state index contributed by atoms with van der Waals surface area (Å²) in [6, 6.07) is 0. The molecule has 0 spiro atoms. The molecular weight excluding hydrogens is 897 g/mol. The van der Waals surface area contributed by atoms with Crippen molar-refractivity contribution in [3.05, 3.63) is 0 Å². The molecule has 0 fully saturated rings. The van der Waals surface area contributed by atoms with E-state index in [1.807, 2.05) is 11.8 Å². The largest absolute Gasteiger partial charge is 0.396 e. The topological polar surface area (TPSA) is 124 Å². The second-order valence-electron chi connectivity index (χ2n) is 16.1. The van der Waals surface area contributed by atoms with Crippen LogP contribution in [0.15, 0.2) is 0 Å². The molecular formula is C44H90O11S6. The lowest BCUT2D eigenvalue weighted by Gasteiger charge is -2.32. The summed E-state index contributed by atoms with van der Waals surface area (Å²) in [7, 11) is 0. The minimum Gasteiger partial charge on any atom is -0.396 e. The average Bonchev–Trinajstić information content (AvgIpc) is 3.28. The number of thiol groups is 5. The fraction of sp³-hybridized carbons (Fsp3) is 1.00. The Hall–Kier alpha value is 1.66. The molecule has 0 heterocycles. The molecule has 0 aliphatic carbocycles. The molecule has 1 unspecified atom stereocenters. The first-order chi connectivity index (χ1) is 29.9. The van der Waals surface area contributed by atoms with Crippen molar-refractivity contribution in [3.63, 3.8) is 0 Å². The first kappa shape index (κ1) is 62.7. The SMILES string of the molecule is CCC(COCCCS)(COCCCS)COCCCSCCCOCC(CO)(COCCCS)COCCCCCCCOCC(CO)(COCCCS)COCCCS. The van der Waals surface area contributed by atoms with Crippen molar-refractivity contribution >= 4 is 74.9 Å². The van der Waals surface area contributed by atoms with Gasteiger partial charge in [-0.1, -0.05) is 26.2 Å². The van der Waals surface area contributed by atoms with E-state index in [1.165, 1.54) is 0 Å². The Kier molecular flexibility index (Phi) is 48.0. The van der Waals surface area contributed by atoms with Gasteiger partial charge in [-0.25, -0.2) is 0 Å². The van der Waals surface area contributed by atoms with Gasteiger partial charge in [0.15, 0.2) is 0 Å². The summed E-state index contributed by atoms with van der Waals surface area (Å²) in [5.41, 5.74) is -1.30. The van der Waals surface area contributed by atoms with E-state index in [4.69, 9.17) is 42.6 Å². The van der Waals surface area contributed by atoms with Crippen LogP contribution in [-0.4, -0.2) is 183 Å². The van der Waals surface area contributed by atoms with Gasteiger partial charge in [-0.2, -0.15) is 74.9 Å². The lowest BCUT2D eigenvalue weighted by molar-refractivity contribution is -0.0930. The van der Waals surface area contributed by atoms with E-state index in [-0.39, 0.29) is 18.6 Å². The number of rotatable bonds is 52. The highest BCUT2D eigenvalue weighted by atomic mass is 32.2. The zero-order valence-corrected chi connectivity index (χ0v) is 43.3. The maximum atomic E-state index is 10.5. The Balaban J connectivity index is 4.45. The van der Waals surface area contributed by atoms with E-state index in [0.717, 1.165) is 130 Å². The van der Waals surface area contributed by atoms with Crippen molar-refractivity contribution in [1.82, 2.24) is 0 Å². The molecule has 17 heteroatoms. The van der Waals surface area contributed by atoms with Crippen LogP contribution in [0.3, 0.4) is 0 Å². The number of ether oxygens (including phenoxy) is 9. The second kappa shape index (κ2) is 46.8. The summed E-state index contributed by atoms with van der Waals surface area (Å²) in [5.74, 6) is 5.97. The Morgan fingerprint density at radius 1 is 0.328 bits per heavy atom. The number of aliphatic hydroxyl groups excluding tert-OH is 2. The van der Waals surface area contributed by atoms with E-state index >= 15 is 0 Å². The second-order valence-corrected chi connectivity index (χ2v) is 19.6. The van der Waals surface area contributed by atoms with Gasteiger partial charge < -0.3 is 52.8 Å². The summed E-state index contributed by atoms with van der Waals surface area (Å²) >= 11 is 23.3. The van der Waals surface area contributed by atoms with Crippen LogP contribution in [0.1, 0.15) is 90.4 Å². The number of thioether (sulfide) groups is 1. The molecule has 1 atom stereocenters. The van der Waals surface area contributed by atoms with Gasteiger partial charge in [-0.05, 0) is 104 Å². The molecule has 0 saturated heterocycles. The van der Waals surface area contributed by atoms with Crippen molar-refractivity contribution in [2.45, 2.75) is 90.4 Å². The number of hydrogen-bond acceptors (Lipinski definition) is 17. The summed E-state index contributed by atoms with van der Waals surface area (Å²) in [6.45, 7) is 12.1. The van der Waals surface area contributed by atoms with Gasteiger partial charge in [-0.3, -0.25) is 0 Å². The molecule has 0 bridgehead atoms. The van der Waals surface area contributed by atoms with Crippen LogP contribution in [0.25, 0.3) is 0 Å². The standard InChI is InChI=1S/C44H90O11S6/c1-2-42(33-49-17-8-24-56,34-50-18-9-25-57)35-54-22-13-29-61-30-14-23-55-41-44(32-46,40-53-21-12-28-60)37-48-16-7-5-3-4-6-15-47-36-43(31-45,38-51-19-10-26-58)39-52-20-11-27-59/h45-46,56-60H,2-41H2,1H3. The van der Waals surface area contributed by atoms with Crippen LogP contribution in [0.2, 0.25) is 0 Å². The van der Waals surface area contributed by atoms with Crippen LogP contribution in [0, 0.1) is 16.2 Å². The van der Waals surface area contributed by atoms with Crippen molar-refractivity contribution in [2.24, 2.45) is 16.2 Å². The molecule has 2 N–H and O–H groups in total. The molecule has 0 aliphatic heterocycles. The number of unbranched alkanes of at least 4 members (excludes halogenated alkanes) is 4. The zero-order valence-electron chi connectivity index (χ0n) is 38.0. The normalized spacial score (nSPS) is 13.4. The summed E-state index contributed by atoms with van der Waals surface area (Å²) in [5, 5.41) is 20.7. The molecule has 0 aromatic heterocycles. The average molecular weight is 988 g/mol. The first-order valence-electron chi connectivity index (χ1n) is 22.9. The van der Waals surface area contributed by atoms with Crippen LogP contribution in [-0.2, 0) is 42.6 Å². The maximum absolute atomic E-state index is 10.5. The van der Waals surface area contributed by atoms with E-state index in [9.17, 15) is 10.2 Å². The Morgan fingerprint density at radius 3 is 0.803 bits per heavy atom. The number of aliphatic hydroxyl groups is 2. The number of hydrogen-bond donors (Lipinski definition) is 7. The molecule has 0 saturated carbocycles. The minimum atomic E-state index is -0.597. The lowest BCUT2D eigenvalue weighted by Crippen LogP contribution is -2.41. The van der Waals surface area contributed by atoms with Crippen molar-refractivity contribution in [1.29, 1.82) is 0 Å². The van der Waals surface area contributed by atoms with Crippen molar-refractivity contribution < 1.29 is 52.8 Å². The fourth-order valence-electron chi connectivity index (χ4n) is 5.95. The van der Waals surface area contributed by atoms with Gasteiger partial charge in [-0.15, -0.1) is 0 Å². The molecule has 0 radical (unpaired) electrons. The predicted octanol–water partition coefficient (Wildman–Crippen LogP) is 7.55. The Morgan fingerprint density at radius 2 is 0.557 bits per heavy atom. The van der Waals surface area contributed by atoms with Gasteiger partial charge in [0.2, 0.25) is 0 Å². The molecule has 0 aliphatic rings. The highest BCUT2D eigenvalue weighted by Crippen LogP contribution is 2.25. The van der Waals surface area contributed by atoms with Crippen LogP contribution in [0.4, 0.5) is 0 Å². The minimum absolute atomic E-state index is 0.0545.